The molecule has 1 aromatic heterocycles. The fraction of sp³-hybridized carbons (Fsp3) is 0.677. The van der Waals surface area contributed by atoms with Crippen LogP contribution in [0.5, 0.6) is 6.01 Å². The molecule has 202 valence electrons. The van der Waals surface area contributed by atoms with Crippen molar-refractivity contribution in [3.8, 4) is 6.01 Å². The third-order valence-electron chi connectivity index (χ3n) is 10.8. The van der Waals surface area contributed by atoms with Crippen LogP contribution in [0.25, 0.3) is 0 Å². The van der Waals surface area contributed by atoms with Crippen LogP contribution in [0.15, 0.2) is 24.3 Å². The molecular formula is C31H42N6O. The van der Waals surface area contributed by atoms with Gasteiger partial charge >= 0.3 is 6.01 Å². The third-order valence-corrected chi connectivity index (χ3v) is 10.8. The summed E-state index contributed by atoms with van der Waals surface area (Å²) in [7, 11) is 2.26. The van der Waals surface area contributed by atoms with Gasteiger partial charge in [0.05, 0.1) is 11.2 Å². The molecule has 1 aromatic carbocycles. The smallest absolute Gasteiger partial charge is 0.318 e. The molecule has 1 aliphatic carbocycles. The van der Waals surface area contributed by atoms with E-state index in [0.29, 0.717) is 18.1 Å². The molecule has 3 atom stereocenters. The van der Waals surface area contributed by atoms with E-state index >= 15 is 0 Å². The summed E-state index contributed by atoms with van der Waals surface area (Å²) in [5, 5.41) is 3.80. The zero-order valence-electron chi connectivity index (χ0n) is 22.9. The molecule has 4 fully saturated rings. The maximum atomic E-state index is 6.60. The number of nitrogens with one attached hydrogen (secondary N) is 1. The lowest BCUT2D eigenvalue weighted by Crippen LogP contribution is -2.52. The van der Waals surface area contributed by atoms with Gasteiger partial charge in [-0.05, 0) is 94.3 Å². The molecule has 0 saturated carbocycles. The maximum Gasteiger partial charge on any atom is 0.318 e. The normalized spacial score (nSPS) is 31.4. The first kappa shape index (κ1) is 23.5. The summed E-state index contributed by atoms with van der Waals surface area (Å²) < 4.78 is 6.60. The molecule has 6 aliphatic rings. The molecule has 5 aliphatic heterocycles. The monoisotopic (exact) mass is 514 g/mol. The summed E-state index contributed by atoms with van der Waals surface area (Å²) in [5.41, 5.74) is 5.97. The first-order valence-corrected chi connectivity index (χ1v) is 15.2. The molecule has 0 unspecified atom stereocenters. The van der Waals surface area contributed by atoms with Gasteiger partial charge in [0.15, 0.2) is 0 Å². The molecule has 1 spiro atoms. The molecule has 2 bridgehead atoms. The van der Waals surface area contributed by atoms with Gasteiger partial charge in [0.1, 0.15) is 12.4 Å². The second-order valence-electron chi connectivity index (χ2n) is 13.3. The van der Waals surface area contributed by atoms with Crippen LogP contribution in [0.1, 0.15) is 61.8 Å². The van der Waals surface area contributed by atoms with E-state index in [4.69, 9.17) is 14.7 Å². The van der Waals surface area contributed by atoms with E-state index in [2.05, 4.69) is 51.3 Å². The van der Waals surface area contributed by atoms with Crippen molar-refractivity contribution in [1.29, 1.82) is 0 Å². The molecule has 7 heteroatoms. The average Bonchev–Trinajstić information content (AvgIpc) is 3.60. The van der Waals surface area contributed by atoms with Crippen LogP contribution >= 0.6 is 0 Å². The Bertz CT molecular complexity index is 1210. The summed E-state index contributed by atoms with van der Waals surface area (Å²) in [5.74, 6) is 1.18. The minimum absolute atomic E-state index is 0.213. The van der Waals surface area contributed by atoms with Gasteiger partial charge in [-0.1, -0.05) is 18.2 Å². The number of hydrogen-bond donors (Lipinski definition) is 1. The highest BCUT2D eigenvalue weighted by molar-refractivity contribution is 5.57. The summed E-state index contributed by atoms with van der Waals surface area (Å²) in [6, 6.07) is 10.8. The van der Waals surface area contributed by atoms with Crippen LogP contribution in [0.4, 0.5) is 11.5 Å². The molecule has 4 saturated heterocycles. The molecule has 6 heterocycles. The van der Waals surface area contributed by atoms with E-state index in [9.17, 15) is 0 Å². The number of ether oxygens (including phenoxy) is 1. The van der Waals surface area contributed by atoms with E-state index in [0.717, 1.165) is 45.5 Å². The van der Waals surface area contributed by atoms with Gasteiger partial charge in [-0.2, -0.15) is 9.97 Å². The maximum absolute atomic E-state index is 6.60. The lowest BCUT2D eigenvalue weighted by Gasteiger charge is -2.46. The summed E-state index contributed by atoms with van der Waals surface area (Å²) in [6.45, 7) is 6.38. The predicted molar refractivity (Wildman–Crippen MR) is 150 cm³/mol. The summed E-state index contributed by atoms with van der Waals surface area (Å²) >= 11 is 0. The van der Waals surface area contributed by atoms with Crippen molar-refractivity contribution in [2.75, 3.05) is 56.2 Å². The molecule has 0 amide bonds. The van der Waals surface area contributed by atoms with E-state index in [1.807, 2.05) is 0 Å². The first-order chi connectivity index (χ1) is 18.6. The van der Waals surface area contributed by atoms with Gasteiger partial charge < -0.3 is 19.9 Å². The van der Waals surface area contributed by atoms with Gasteiger partial charge in [-0.3, -0.25) is 4.90 Å². The largest absolute Gasteiger partial charge is 0.461 e. The number of para-hydroxylation sites is 1. The lowest BCUT2D eigenvalue weighted by molar-refractivity contribution is 0.107. The van der Waals surface area contributed by atoms with Crippen LogP contribution in [-0.4, -0.2) is 78.9 Å². The SMILES string of the molecule is CN1C[C@]2(CCc3c(nc(OCC45CCCN4CCC5)nc3N3C[C@H]4CC[C@@H](C3)N4)C2)Cc2ccccc21. The van der Waals surface area contributed by atoms with Gasteiger partial charge in [-0.25, -0.2) is 0 Å². The Labute approximate surface area is 226 Å². The first-order valence-electron chi connectivity index (χ1n) is 15.2. The zero-order valence-corrected chi connectivity index (χ0v) is 22.9. The van der Waals surface area contributed by atoms with Gasteiger partial charge in [0, 0.05) is 50.0 Å². The number of fused-ring (bicyclic) bond motifs is 5. The summed E-state index contributed by atoms with van der Waals surface area (Å²) in [4.78, 5) is 18.1. The standard InChI is InChI=1S/C31H42N6O/c1-35-20-30(16-22-6-2-3-7-27(22)35)13-10-25-26(17-30)33-29(38-21-31-11-4-14-37(31)15-5-12-31)34-28(25)36-18-23-8-9-24(19-36)32-23/h2-3,6-7,23-24,32H,4-5,8-21H2,1H3/t23-,24+,30-/m1/s1. The quantitative estimate of drug-likeness (QED) is 0.669. The van der Waals surface area contributed by atoms with Crippen molar-refractivity contribution in [2.24, 2.45) is 5.41 Å². The number of rotatable bonds is 4. The Balaban J connectivity index is 1.13. The molecular weight excluding hydrogens is 472 g/mol. The van der Waals surface area contributed by atoms with Crippen molar-refractivity contribution >= 4 is 11.5 Å². The highest BCUT2D eigenvalue weighted by Gasteiger charge is 2.46. The van der Waals surface area contributed by atoms with Crippen LogP contribution in [0.2, 0.25) is 0 Å². The van der Waals surface area contributed by atoms with Crippen molar-refractivity contribution in [2.45, 2.75) is 81.8 Å². The van der Waals surface area contributed by atoms with Crippen LogP contribution in [-0.2, 0) is 19.3 Å². The minimum atomic E-state index is 0.213. The number of anilines is 2. The van der Waals surface area contributed by atoms with Gasteiger partial charge in [0.2, 0.25) is 0 Å². The second kappa shape index (κ2) is 8.82. The summed E-state index contributed by atoms with van der Waals surface area (Å²) in [6.07, 6.45) is 12.1. The number of piperazine rings is 1. The van der Waals surface area contributed by atoms with Crippen LogP contribution in [0, 0.1) is 5.41 Å². The lowest BCUT2D eigenvalue weighted by atomic mass is 9.67. The van der Waals surface area contributed by atoms with E-state index in [-0.39, 0.29) is 11.0 Å². The van der Waals surface area contributed by atoms with Crippen LogP contribution < -0.4 is 19.9 Å². The minimum Gasteiger partial charge on any atom is -0.461 e. The van der Waals surface area contributed by atoms with Crippen molar-refractivity contribution in [3.63, 3.8) is 0 Å². The van der Waals surface area contributed by atoms with Crippen molar-refractivity contribution < 1.29 is 4.74 Å². The molecule has 8 rings (SSSR count). The molecule has 2 aromatic rings. The molecule has 0 radical (unpaired) electrons. The van der Waals surface area contributed by atoms with Crippen molar-refractivity contribution in [3.05, 3.63) is 41.1 Å². The number of aromatic nitrogens is 2. The fourth-order valence-corrected chi connectivity index (χ4v) is 9.05. The highest BCUT2D eigenvalue weighted by Crippen LogP contribution is 2.46. The Morgan fingerprint density at radius 2 is 1.79 bits per heavy atom. The fourth-order valence-electron chi connectivity index (χ4n) is 9.05. The molecule has 7 nitrogen and oxygen atoms in total. The third kappa shape index (κ3) is 3.83. The second-order valence-corrected chi connectivity index (χ2v) is 13.3. The Morgan fingerprint density at radius 3 is 2.61 bits per heavy atom. The van der Waals surface area contributed by atoms with E-state index < -0.39 is 0 Å². The number of benzene rings is 1. The number of hydrogen-bond acceptors (Lipinski definition) is 7. The average molecular weight is 515 g/mol. The Kier molecular flexibility index (Phi) is 5.45. The Hall–Kier alpha value is -2.38. The van der Waals surface area contributed by atoms with Crippen molar-refractivity contribution in [1.82, 2.24) is 20.2 Å². The van der Waals surface area contributed by atoms with Gasteiger partial charge in [-0.15, -0.1) is 0 Å². The van der Waals surface area contributed by atoms with Crippen LogP contribution in [0.3, 0.4) is 0 Å². The molecule has 1 N–H and O–H groups in total. The zero-order chi connectivity index (χ0) is 25.3. The van der Waals surface area contributed by atoms with E-state index in [1.165, 1.54) is 86.4 Å². The topological polar surface area (TPSA) is 56.8 Å². The Morgan fingerprint density at radius 1 is 1.00 bits per heavy atom. The molecule has 38 heavy (non-hydrogen) atoms. The highest BCUT2D eigenvalue weighted by atomic mass is 16.5. The van der Waals surface area contributed by atoms with E-state index in [1.54, 1.807) is 0 Å². The number of nitrogens with zero attached hydrogens (tertiary/aromatic N) is 5. The van der Waals surface area contributed by atoms with Gasteiger partial charge in [0.25, 0.3) is 0 Å². The predicted octanol–water partition coefficient (Wildman–Crippen LogP) is 3.59.